The Morgan fingerprint density at radius 2 is 1.83 bits per heavy atom. The van der Waals surface area contributed by atoms with Crippen LogP contribution in [0.15, 0.2) is 48.5 Å². The summed E-state index contributed by atoms with van der Waals surface area (Å²) in [5.74, 6) is -0.310. The average Bonchev–Trinajstić information content (AvgIpc) is 2.40. The molecule has 0 bridgehead atoms. The highest BCUT2D eigenvalue weighted by molar-refractivity contribution is 6.30. The monoisotopic (exact) mass is 262 g/mol. The van der Waals surface area contributed by atoms with Gasteiger partial charge in [-0.1, -0.05) is 41.9 Å². The normalized spacial score (nSPS) is 10.3. The lowest BCUT2D eigenvalue weighted by molar-refractivity contribution is 0.0982. The molecule has 0 aliphatic carbocycles. The van der Waals surface area contributed by atoms with Crippen LogP contribution in [-0.4, -0.2) is 5.78 Å². The van der Waals surface area contributed by atoms with Crippen molar-refractivity contribution in [1.82, 2.24) is 0 Å². The second-order valence-electron chi connectivity index (χ2n) is 4.02. The Bertz CT molecular complexity index is 552. The van der Waals surface area contributed by atoms with Crippen LogP contribution in [0.25, 0.3) is 0 Å². The van der Waals surface area contributed by atoms with Gasteiger partial charge in [-0.15, -0.1) is 0 Å². The minimum absolute atomic E-state index is 0.00924. The van der Waals surface area contributed by atoms with Crippen LogP contribution in [0.2, 0.25) is 5.02 Å². The van der Waals surface area contributed by atoms with Crippen LogP contribution < -0.4 is 0 Å². The lowest BCUT2D eigenvalue weighted by Crippen LogP contribution is -2.02. The summed E-state index contributed by atoms with van der Waals surface area (Å²) in [6, 6.07) is 13.4. The molecule has 2 aromatic carbocycles. The molecule has 18 heavy (non-hydrogen) atoms. The molecule has 3 heteroatoms. The largest absolute Gasteiger partial charge is 0.294 e. The third kappa shape index (κ3) is 3.17. The fraction of sp³-hybridized carbons (Fsp3) is 0.133. The van der Waals surface area contributed by atoms with Gasteiger partial charge < -0.3 is 0 Å². The third-order valence-electron chi connectivity index (χ3n) is 2.72. The lowest BCUT2D eigenvalue weighted by atomic mass is 10.0. The number of carbonyl (C=O) groups is 1. The van der Waals surface area contributed by atoms with Crippen molar-refractivity contribution in [3.05, 3.63) is 70.5 Å². The second-order valence-corrected chi connectivity index (χ2v) is 4.46. The van der Waals surface area contributed by atoms with Gasteiger partial charge in [-0.2, -0.15) is 0 Å². The summed E-state index contributed by atoms with van der Waals surface area (Å²) in [6.45, 7) is 0. The zero-order chi connectivity index (χ0) is 13.0. The van der Waals surface area contributed by atoms with E-state index >= 15 is 0 Å². The summed E-state index contributed by atoms with van der Waals surface area (Å²) in [7, 11) is 0. The number of hydrogen-bond donors (Lipinski definition) is 0. The summed E-state index contributed by atoms with van der Waals surface area (Å²) in [5, 5.41) is 0.485. The SMILES string of the molecule is O=C(CCc1cc(Cl)ccc1F)c1ccccc1. The lowest BCUT2D eigenvalue weighted by Gasteiger charge is -2.04. The van der Waals surface area contributed by atoms with Crippen molar-refractivity contribution in [3.63, 3.8) is 0 Å². The average molecular weight is 263 g/mol. The molecule has 0 aliphatic rings. The Balaban J connectivity index is 2.04. The van der Waals surface area contributed by atoms with Crippen molar-refractivity contribution in [1.29, 1.82) is 0 Å². The van der Waals surface area contributed by atoms with Crippen LogP contribution in [0.3, 0.4) is 0 Å². The molecule has 0 unspecified atom stereocenters. The van der Waals surface area contributed by atoms with E-state index in [0.717, 1.165) is 0 Å². The number of hydrogen-bond acceptors (Lipinski definition) is 1. The molecule has 0 atom stereocenters. The third-order valence-corrected chi connectivity index (χ3v) is 2.96. The first kappa shape index (κ1) is 12.8. The van der Waals surface area contributed by atoms with Crippen LogP contribution in [0.4, 0.5) is 4.39 Å². The first-order valence-electron chi connectivity index (χ1n) is 5.69. The van der Waals surface area contributed by atoms with Crippen molar-refractivity contribution < 1.29 is 9.18 Å². The second kappa shape index (κ2) is 5.78. The van der Waals surface area contributed by atoms with Crippen molar-refractivity contribution in [2.24, 2.45) is 0 Å². The van der Waals surface area contributed by atoms with Crippen molar-refractivity contribution in [2.75, 3.05) is 0 Å². The van der Waals surface area contributed by atoms with Crippen LogP contribution >= 0.6 is 11.6 Å². The summed E-state index contributed by atoms with van der Waals surface area (Å²) in [5.41, 5.74) is 1.13. The predicted molar refractivity (Wildman–Crippen MR) is 70.5 cm³/mol. The molecule has 0 radical (unpaired) electrons. The smallest absolute Gasteiger partial charge is 0.163 e. The zero-order valence-electron chi connectivity index (χ0n) is 9.70. The first-order valence-corrected chi connectivity index (χ1v) is 6.07. The van der Waals surface area contributed by atoms with Gasteiger partial charge >= 0.3 is 0 Å². The Labute approximate surface area is 110 Å². The van der Waals surface area contributed by atoms with Gasteiger partial charge in [0.05, 0.1) is 0 Å². The van der Waals surface area contributed by atoms with E-state index in [-0.39, 0.29) is 18.0 Å². The fourth-order valence-corrected chi connectivity index (χ4v) is 1.95. The molecule has 2 aromatic rings. The summed E-state index contributed by atoms with van der Waals surface area (Å²) in [4.78, 5) is 11.9. The Hall–Kier alpha value is -1.67. The molecule has 1 nitrogen and oxygen atoms in total. The molecule has 92 valence electrons. The van der Waals surface area contributed by atoms with Crippen molar-refractivity contribution in [2.45, 2.75) is 12.8 Å². The molecule has 0 spiro atoms. The molecule has 0 saturated heterocycles. The highest BCUT2D eigenvalue weighted by atomic mass is 35.5. The molecule has 0 heterocycles. The number of benzene rings is 2. The predicted octanol–water partition coefficient (Wildman–Crippen LogP) is 4.29. The van der Waals surface area contributed by atoms with E-state index in [1.807, 2.05) is 18.2 Å². The van der Waals surface area contributed by atoms with E-state index in [9.17, 15) is 9.18 Å². The van der Waals surface area contributed by atoms with Gasteiger partial charge in [-0.25, -0.2) is 4.39 Å². The van der Waals surface area contributed by atoms with Crippen LogP contribution in [-0.2, 0) is 6.42 Å². The quantitative estimate of drug-likeness (QED) is 0.751. The molecule has 0 saturated carbocycles. The minimum Gasteiger partial charge on any atom is -0.294 e. The molecule has 0 amide bonds. The fourth-order valence-electron chi connectivity index (χ4n) is 1.75. The van der Waals surface area contributed by atoms with Crippen LogP contribution in [0.1, 0.15) is 22.3 Å². The van der Waals surface area contributed by atoms with E-state index in [1.165, 1.54) is 12.1 Å². The van der Waals surface area contributed by atoms with Gasteiger partial charge in [0.1, 0.15) is 5.82 Å². The van der Waals surface area contributed by atoms with Gasteiger partial charge in [0.25, 0.3) is 0 Å². The first-order chi connectivity index (χ1) is 8.66. The van der Waals surface area contributed by atoms with Crippen LogP contribution in [0, 0.1) is 5.82 Å². The standard InChI is InChI=1S/C15H12ClFO/c16-13-7-8-14(17)12(10-13)6-9-15(18)11-4-2-1-3-5-11/h1-5,7-8,10H,6,9H2. The van der Waals surface area contributed by atoms with Gasteiger partial charge in [0.2, 0.25) is 0 Å². The Kier molecular flexibility index (Phi) is 4.11. The van der Waals surface area contributed by atoms with Gasteiger partial charge in [-0.05, 0) is 30.2 Å². The Morgan fingerprint density at radius 1 is 1.11 bits per heavy atom. The molecule has 0 aromatic heterocycles. The van der Waals surface area contributed by atoms with Crippen LogP contribution in [0.5, 0.6) is 0 Å². The van der Waals surface area contributed by atoms with E-state index < -0.39 is 0 Å². The number of aryl methyl sites for hydroxylation is 1. The van der Waals surface area contributed by atoms with Gasteiger partial charge in [0, 0.05) is 17.0 Å². The molecular weight excluding hydrogens is 251 g/mol. The number of Topliss-reactive ketones (excluding diaryl/α,β-unsaturated/α-hetero) is 1. The van der Waals surface area contributed by atoms with Gasteiger partial charge in [-0.3, -0.25) is 4.79 Å². The number of ketones is 1. The van der Waals surface area contributed by atoms with E-state index in [2.05, 4.69) is 0 Å². The molecule has 0 N–H and O–H groups in total. The van der Waals surface area contributed by atoms with E-state index in [1.54, 1.807) is 18.2 Å². The Morgan fingerprint density at radius 3 is 2.56 bits per heavy atom. The highest BCUT2D eigenvalue weighted by Gasteiger charge is 2.08. The maximum absolute atomic E-state index is 13.5. The van der Waals surface area contributed by atoms with Crippen molar-refractivity contribution in [3.8, 4) is 0 Å². The summed E-state index contributed by atoms with van der Waals surface area (Å²) in [6.07, 6.45) is 0.640. The maximum atomic E-state index is 13.5. The van der Waals surface area contributed by atoms with E-state index in [4.69, 9.17) is 11.6 Å². The molecule has 0 aliphatic heterocycles. The number of halogens is 2. The van der Waals surface area contributed by atoms with Gasteiger partial charge in [0.15, 0.2) is 5.78 Å². The molecular formula is C15H12ClFO. The summed E-state index contributed by atoms with van der Waals surface area (Å²) >= 11 is 5.80. The van der Waals surface area contributed by atoms with E-state index in [0.29, 0.717) is 22.6 Å². The maximum Gasteiger partial charge on any atom is 0.163 e. The highest BCUT2D eigenvalue weighted by Crippen LogP contribution is 2.17. The van der Waals surface area contributed by atoms with Crippen molar-refractivity contribution >= 4 is 17.4 Å². The number of rotatable bonds is 4. The minimum atomic E-state index is -0.319. The summed E-state index contributed by atoms with van der Waals surface area (Å²) < 4.78 is 13.5. The molecule has 0 fully saturated rings. The topological polar surface area (TPSA) is 17.1 Å². The number of carbonyl (C=O) groups excluding carboxylic acids is 1. The molecule has 2 rings (SSSR count). The zero-order valence-corrected chi connectivity index (χ0v) is 10.5.